The lowest BCUT2D eigenvalue weighted by molar-refractivity contribution is -0.119. The summed E-state index contributed by atoms with van der Waals surface area (Å²) in [5.74, 6) is -0.236. The number of nitrogens with one attached hydrogen (secondary N) is 2. The molecular formula is C15H12Br2ClN3O. The Morgan fingerprint density at radius 3 is 2.59 bits per heavy atom. The van der Waals surface area contributed by atoms with Crippen LogP contribution >= 0.6 is 43.5 Å². The summed E-state index contributed by atoms with van der Waals surface area (Å²) in [4.78, 5) is 11.7. The van der Waals surface area contributed by atoms with E-state index in [0.717, 1.165) is 20.2 Å². The van der Waals surface area contributed by atoms with Crippen LogP contribution in [0, 0.1) is 0 Å². The number of nitrogens with zero attached hydrogens (tertiary/aromatic N) is 1. The molecule has 0 radical (unpaired) electrons. The Balaban J connectivity index is 1.81. The molecule has 2 N–H and O–H groups in total. The molecular weight excluding hydrogens is 433 g/mol. The van der Waals surface area contributed by atoms with Crippen molar-refractivity contribution < 1.29 is 4.79 Å². The average molecular weight is 446 g/mol. The van der Waals surface area contributed by atoms with Crippen LogP contribution in [0.15, 0.2) is 56.5 Å². The Morgan fingerprint density at radius 1 is 1.18 bits per heavy atom. The van der Waals surface area contributed by atoms with Gasteiger partial charge in [-0.2, -0.15) is 5.10 Å². The van der Waals surface area contributed by atoms with E-state index >= 15 is 0 Å². The molecule has 0 atom stereocenters. The number of halogens is 3. The summed E-state index contributed by atoms with van der Waals surface area (Å²) < 4.78 is 1.83. The number of rotatable bonds is 5. The van der Waals surface area contributed by atoms with Crippen molar-refractivity contribution in [1.29, 1.82) is 0 Å². The van der Waals surface area contributed by atoms with Gasteiger partial charge in [-0.05, 0) is 51.8 Å². The normalized spacial score (nSPS) is 10.7. The minimum absolute atomic E-state index is 0.123. The zero-order valence-corrected chi connectivity index (χ0v) is 15.2. The van der Waals surface area contributed by atoms with Crippen LogP contribution in [-0.4, -0.2) is 18.7 Å². The number of amides is 1. The molecule has 2 aromatic carbocycles. The van der Waals surface area contributed by atoms with Crippen LogP contribution in [0.5, 0.6) is 0 Å². The molecule has 0 aliphatic heterocycles. The lowest BCUT2D eigenvalue weighted by atomic mass is 10.2. The zero-order valence-electron chi connectivity index (χ0n) is 11.3. The van der Waals surface area contributed by atoms with Gasteiger partial charge in [-0.25, -0.2) is 5.43 Å². The van der Waals surface area contributed by atoms with Crippen LogP contribution in [0.1, 0.15) is 5.56 Å². The molecule has 114 valence electrons. The molecule has 7 heteroatoms. The van der Waals surface area contributed by atoms with E-state index in [0.29, 0.717) is 5.02 Å². The van der Waals surface area contributed by atoms with Crippen LogP contribution in [0.4, 0.5) is 5.69 Å². The fourth-order valence-corrected chi connectivity index (χ4v) is 2.89. The molecule has 0 saturated heterocycles. The van der Waals surface area contributed by atoms with Gasteiger partial charge in [0.05, 0.1) is 12.8 Å². The van der Waals surface area contributed by atoms with Crippen molar-refractivity contribution in [3.8, 4) is 0 Å². The Bertz CT molecular complexity index is 690. The molecule has 0 aliphatic carbocycles. The number of hydrogen-bond acceptors (Lipinski definition) is 3. The van der Waals surface area contributed by atoms with Crippen molar-refractivity contribution in [3.63, 3.8) is 0 Å². The fourth-order valence-electron chi connectivity index (χ4n) is 1.58. The van der Waals surface area contributed by atoms with E-state index in [2.05, 4.69) is 47.7 Å². The Morgan fingerprint density at radius 2 is 1.91 bits per heavy atom. The number of anilines is 1. The third-order valence-electron chi connectivity index (χ3n) is 2.64. The van der Waals surface area contributed by atoms with E-state index in [1.54, 1.807) is 18.3 Å². The summed E-state index contributed by atoms with van der Waals surface area (Å²) in [5.41, 5.74) is 4.15. The van der Waals surface area contributed by atoms with E-state index in [-0.39, 0.29) is 12.5 Å². The summed E-state index contributed by atoms with van der Waals surface area (Å²) in [7, 11) is 0. The number of carbonyl (C=O) groups is 1. The largest absolute Gasteiger partial charge is 0.375 e. The summed E-state index contributed by atoms with van der Waals surface area (Å²) >= 11 is 12.6. The Kier molecular flexibility index (Phi) is 6.42. The van der Waals surface area contributed by atoms with Gasteiger partial charge in [-0.15, -0.1) is 0 Å². The molecule has 2 rings (SSSR count). The van der Waals surface area contributed by atoms with Gasteiger partial charge in [-0.1, -0.05) is 39.7 Å². The molecule has 22 heavy (non-hydrogen) atoms. The van der Waals surface area contributed by atoms with E-state index < -0.39 is 0 Å². The fraction of sp³-hybridized carbons (Fsp3) is 0.0667. The maximum atomic E-state index is 11.7. The lowest BCUT2D eigenvalue weighted by Gasteiger charge is -2.07. The number of benzene rings is 2. The summed E-state index contributed by atoms with van der Waals surface area (Å²) in [6, 6.07) is 12.8. The molecule has 4 nitrogen and oxygen atoms in total. The van der Waals surface area contributed by atoms with Gasteiger partial charge in [0.15, 0.2) is 0 Å². The first-order valence-electron chi connectivity index (χ1n) is 6.31. The van der Waals surface area contributed by atoms with Gasteiger partial charge in [0, 0.05) is 19.7 Å². The van der Waals surface area contributed by atoms with E-state index in [1.165, 1.54) is 0 Å². The molecule has 0 aromatic heterocycles. The van der Waals surface area contributed by atoms with Crippen molar-refractivity contribution in [3.05, 3.63) is 62.0 Å². The highest BCUT2D eigenvalue weighted by Crippen LogP contribution is 2.25. The van der Waals surface area contributed by atoms with Gasteiger partial charge >= 0.3 is 0 Å². The van der Waals surface area contributed by atoms with Crippen LogP contribution in [0.2, 0.25) is 5.02 Å². The maximum absolute atomic E-state index is 11.7. The second-order valence-electron chi connectivity index (χ2n) is 4.32. The molecule has 1 amide bonds. The first-order chi connectivity index (χ1) is 10.5. The molecule has 0 bridgehead atoms. The SMILES string of the molecule is O=C(CNc1ccc(Br)cc1Br)N/N=C/c1ccc(Cl)cc1. The van der Waals surface area contributed by atoms with Crippen LogP contribution < -0.4 is 10.7 Å². The predicted octanol–water partition coefficient (Wildman–Crippen LogP) is 4.43. The summed E-state index contributed by atoms with van der Waals surface area (Å²) in [5, 5.41) is 7.58. The second kappa shape index (κ2) is 8.31. The van der Waals surface area contributed by atoms with Gasteiger partial charge < -0.3 is 5.32 Å². The van der Waals surface area contributed by atoms with E-state index in [4.69, 9.17) is 11.6 Å². The molecule has 0 saturated carbocycles. The van der Waals surface area contributed by atoms with Crippen LogP contribution in [-0.2, 0) is 4.79 Å². The molecule has 2 aromatic rings. The highest BCUT2D eigenvalue weighted by molar-refractivity contribution is 9.11. The third kappa shape index (κ3) is 5.44. The van der Waals surface area contributed by atoms with Gasteiger partial charge in [0.2, 0.25) is 0 Å². The maximum Gasteiger partial charge on any atom is 0.259 e. The quantitative estimate of drug-likeness (QED) is 0.529. The van der Waals surface area contributed by atoms with Crippen molar-refractivity contribution >= 4 is 61.3 Å². The minimum Gasteiger partial charge on any atom is -0.375 e. The monoisotopic (exact) mass is 443 g/mol. The number of carbonyl (C=O) groups excluding carboxylic acids is 1. The van der Waals surface area contributed by atoms with Crippen LogP contribution in [0.3, 0.4) is 0 Å². The number of hydrogen-bond donors (Lipinski definition) is 2. The second-order valence-corrected chi connectivity index (χ2v) is 6.53. The highest BCUT2D eigenvalue weighted by Gasteiger charge is 2.03. The minimum atomic E-state index is -0.236. The van der Waals surface area contributed by atoms with Gasteiger partial charge in [0.25, 0.3) is 5.91 Å². The van der Waals surface area contributed by atoms with Gasteiger partial charge in [-0.3, -0.25) is 4.79 Å². The highest BCUT2D eigenvalue weighted by atomic mass is 79.9. The summed E-state index contributed by atoms with van der Waals surface area (Å²) in [6.45, 7) is 0.123. The van der Waals surface area contributed by atoms with Crippen molar-refractivity contribution in [2.24, 2.45) is 5.10 Å². The standard InChI is InChI=1S/C15H12Br2ClN3O/c16-11-3-6-14(13(17)7-11)19-9-15(22)21-20-8-10-1-4-12(18)5-2-10/h1-8,19H,9H2,(H,21,22)/b20-8+. The lowest BCUT2D eigenvalue weighted by Crippen LogP contribution is -2.26. The summed E-state index contributed by atoms with van der Waals surface area (Å²) in [6.07, 6.45) is 1.56. The molecule has 0 unspecified atom stereocenters. The van der Waals surface area contributed by atoms with Crippen LogP contribution in [0.25, 0.3) is 0 Å². The first kappa shape index (κ1) is 17.0. The average Bonchev–Trinajstić information content (AvgIpc) is 2.48. The molecule has 0 heterocycles. The first-order valence-corrected chi connectivity index (χ1v) is 8.27. The van der Waals surface area contributed by atoms with E-state index in [1.807, 2.05) is 30.3 Å². The van der Waals surface area contributed by atoms with Crippen molar-refractivity contribution in [1.82, 2.24) is 5.43 Å². The van der Waals surface area contributed by atoms with E-state index in [9.17, 15) is 4.79 Å². The molecule has 0 fully saturated rings. The zero-order chi connectivity index (χ0) is 15.9. The predicted molar refractivity (Wildman–Crippen MR) is 97.5 cm³/mol. The third-order valence-corrected chi connectivity index (χ3v) is 4.04. The Labute approximate surface area is 150 Å². The molecule has 0 aliphatic rings. The molecule has 0 spiro atoms. The van der Waals surface area contributed by atoms with Crippen molar-refractivity contribution in [2.75, 3.05) is 11.9 Å². The van der Waals surface area contributed by atoms with Crippen molar-refractivity contribution in [2.45, 2.75) is 0 Å². The smallest absolute Gasteiger partial charge is 0.259 e. The number of hydrazone groups is 1. The Hall–Kier alpha value is -1.37. The topological polar surface area (TPSA) is 53.5 Å². The van der Waals surface area contributed by atoms with Gasteiger partial charge in [0.1, 0.15) is 0 Å².